The zero-order valence-electron chi connectivity index (χ0n) is 20.1. The number of benzene rings is 2. The van der Waals surface area contributed by atoms with Gasteiger partial charge in [-0.05, 0) is 41.8 Å². The first-order valence-electron chi connectivity index (χ1n) is 11.2. The minimum atomic E-state index is -1.05. The number of aromatic amines is 1. The van der Waals surface area contributed by atoms with Gasteiger partial charge >= 0.3 is 11.7 Å². The lowest BCUT2D eigenvalue weighted by molar-refractivity contribution is 0.0606. The number of ether oxygens (including phenoxy) is 4. The fourth-order valence-corrected chi connectivity index (χ4v) is 4.76. The second kappa shape index (κ2) is 10.3. The maximum absolute atomic E-state index is 15.9. The number of esters is 1. The van der Waals surface area contributed by atoms with Crippen molar-refractivity contribution in [2.45, 2.75) is 6.04 Å². The Labute approximate surface area is 219 Å². The van der Waals surface area contributed by atoms with Crippen LogP contribution in [0.25, 0.3) is 5.69 Å². The molecule has 0 fully saturated rings. The molecule has 0 saturated heterocycles. The van der Waals surface area contributed by atoms with Gasteiger partial charge in [0.2, 0.25) is 11.5 Å². The van der Waals surface area contributed by atoms with Crippen LogP contribution in [0.4, 0.5) is 10.1 Å². The zero-order chi connectivity index (χ0) is 26.8. The number of hydrogen-bond acceptors (Lipinski definition) is 10. The second-order valence-corrected chi connectivity index (χ2v) is 8.87. The third kappa shape index (κ3) is 4.41. The van der Waals surface area contributed by atoms with Crippen LogP contribution in [-0.2, 0) is 4.74 Å². The summed E-state index contributed by atoms with van der Waals surface area (Å²) in [6, 6.07) is 10.4. The van der Waals surface area contributed by atoms with Crippen molar-refractivity contribution < 1.29 is 28.1 Å². The lowest BCUT2D eigenvalue weighted by Crippen LogP contribution is -2.21. The molecule has 38 heavy (non-hydrogen) atoms. The van der Waals surface area contributed by atoms with Gasteiger partial charge in [-0.1, -0.05) is 0 Å². The molecule has 1 aliphatic rings. The van der Waals surface area contributed by atoms with E-state index in [9.17, 15) is 9.59 Å². The molecule has 194 valence electrons. The van der Waals surface area contributed by atoms with Gasteiger partial charge in [-0.25, -0.2) is 14.0 Å². The Morgan fingerprint density at radius 1 is 1.24 bits per heavy atom. The Bertz CT molecular complexity index is 1600. The molecule has 2 aromatic carbocycles. The highest BCUT2D eigenvalue weighted by molar-refractivity contribution is 7.12. The molecule has 2 aromatic heterocycles. The van der Waals surface area contributed by atoms with Crippen molar-refractivity contribution in [1.82, 2.24) is 14.8 Å². The standard InChI is InChI=1S/C25H20FN5O6S/c1-34-17-11-15(18(26)21-20(17)36-8-9-37-21)19(28-14-5-3-13(12-27)4-6-14)23-29-25(33)31(30-23)16-7-10-38-22(16)24(32)35-2/h3-7,10-11,19,28H,8-9H2,1-2H3,(H,29,30,33). The van der Waals surface area contributed by atoms with Gasteiger partial charge in [0, 0.05) is 11.3 Å². The van der Waals surface area contributed by atoms with Crippen molar-refractivity contribution in [3.63, 3.8) is 0 Å². The monoisotopic (exact) mass is 537 g/mol. The molecule has 0 spiro atoms. The summed E-state index contributed by atoms with van der Waals surface area (Å²) in [6.07, 6.45) is 0. The quantitative estimate of drug-likeness (QED) is 0.339. The predicted molar refractivity (Wildman–Crippen MR) is 134 cm³/mol. The van der Waals surface area contributed by atoms with E-state index in [1.165, 1.54) is 20.3 Å². The maximum atomic E-state index is 15.9. The molecule has 2 N–H and O–H groups in total. The molecular weight excluding hydrogens is 517 g/mol. The van der Waals surface area contributed by atoms with Gasteiger partial charge in [-0.3, -0.25) is 4.98 Å². The van der Waals surface area contributed by atoms with Crippen LogP contribution in [0.3, 0.4) is 0 Å². The van der Waals surface area contributed by atoms with Gasteiger partial charge in [-0.15, -0.1) is 16.4 Å². The number of thiophene rings is 1. The summed E-state index contributed by atoms with van der Waals surface area (Å²) in [4.78, 5) is 28.0. The van der Waals surface area contributed by atoms with Crippen LogP contribution >= 0.6 is 11.3 Å². The summed E-state index contributed by atoms with van der Waals surface area (Å²) in [5.74, 6) is -1.06. The number of nitrogens with one attached hydrogen (secondary N) is 2. The van der Waals surface area contributed by atoms with E-state index < -0.39 is 23.5 Å². The minimum Gasteiger partial charge on any atom is -0.493 e. The van der Waals surface area contributed by atoms with Crippen molar-refractivity contribution in [2.75, 3.05) is 32.8 Å². The Balaban J connectivity index is 1.66. The first-order chi connectivity index (χ1) is 18.4. The van der Waals surface area contributed by atoms with Crippen LogP contribution in [0.2, 0.25) is 0 Å². The molecule has 1 aliphatic heterocycles. The van der Waals surface area contributed by atoms with E-state index >= 15 is 4.39 Å². The highest BCUT2D eigenvalue weighted by Crippen LogP contribution is 2.45. The normalized spacial score (nSPS) is 12.9. The molecular formula is C25H20FN5O6S. The van der Waals surface area contributed by atoms with E-state index in [0.717, 1.165) is 16.0 Å². The number of hydrogen-bond donors (Lipinski definition) is 2. The van der Waals surface area contributed by atoms with Gasteiger partial charge in [0.05, 0.1) is 31.5 Å². The van der Waals surface area contributed by atoms with Crippen molar-refractivity contribution in [3.05, 3.63) is 79.9 Å². The number of halogens is 1. The number of anilines is 1. The molecule has 0 aliphatic carbocycles. The second-order valence-electron chi connectivity index (χ2n) is 7.96. The summed E-state index contributed by atoms with van der Waals surface area (Å²) in [6.45, 7) is 0.375. The number of carbonyl (C=O) groups is 1. The summed E-state index contributed by atoms with van der Waals surface area (Å²) in [7, 11) is 2.65. The number of nitriles is 1. The summed E-state index contributed by atoms with van der Waals surface area (Å²) < 4.78 is 38.3. The van der Waals surface area contributed by atoms with Crippen molar-refractivity contribution in [1.29, 1.82) is 5.26 Å². The lowest BCUT2D eigenvalue weighted by Gasteiger charge is -2.25. The van der Waals surface area contributed by atoms with E-state index in [1.54, 1.807) is 35.7 Å². The van der Waals surface area contributed by atoms with Gasteiger partial charge in [0.25, 0.3) is 0 Å². The maximum Gasteiger partial charge on any atom is 0.350 e. The van der Waals surface area contributed by atoms with Crippen LogP contribution in [0.1, 0.15) is 32.7 Å². The average molecular weight is 538 g/mol. The third-order valence-corrected chi connectivity index (χ3v) is 6.64. The SMILES string of the molecule is COC(=O)c1sccc1-n1nc(C(Nc2ccc(C#N)cc2)c2cc(OC)c3c(c2F)OCCO3)[nH]c1=O. The fraction of sp³-hybridized carbons (Fsp3) is 0.200. The molecule has 4 aromatic rings. The predicted octanol–water partition coefficient (Wildman–Crippen LogP) is 3.40. The molecule has 0 saturated carbocycles. The van der Waals surface area contributed by atoms with Gasteiger partial charge in [0.1, 0.15) is 24.1 Å². The molecule has 11 nitrogen and oxygen atoms in total. The highest BCUT2D eigenvalue weighted by atomic mass is 32.1. The highest BCUT2D eigenvalue weighted by Gasteiger charge is 2.31. The van der Waals surface area contributed by atoms with Crippen molar-refractivity contribution >= 4 is 23.0 Å². The van der Waals surface area contributed by atoms with Gasteiger partial charge in [-0.2, -0.15) is 9.94 Å². The smallest absolute Gasteiger partial charge is 0.350 e. The number of rotatable bonds is 7. The first-order valence-corrected chi connectivity index (χ1v) is 12.1. The number of H-pyrrole nitrogens is 1. The molecule has 1 unspecified atom stereocenters. The number of carbonyl (C=O) groups excluding carboxylic acids is 1. The minimum absolute atomic E-state index is 0.0407. The molecule has 13 heteroatoms. The van der Waals surface area contributed by atoms with Crippen molar-refractivity contribution in [2.24, 2.45) is 0 Å². The molecule has 1 atom stereocenters. The number of methoxy groups -OCH3 is 2. The van der Waals surface area contributed by atoms with E-state index in [0.29, 0.717) is 11.3 Å². The van der Waals surface area contributed by atoms with Crippen LogP contribution < -0.4 is 25.2 Å². The van der Waals surface area contributed by atoms with Crippen LogP contribution in [-0.4, -0.2) is 48.2 Å². The summed E-state index contributed by atoms with van der Waals surface area (Å²) in [5.41, 5.74) is 0.565. The molecule has 5 rings (SSSR count). The zero-order valence-corrected chi connectivity index (χ0v) is 20.9. The first kappa shape index (κ1) is 24.8. The Morgan fingerprint density at radius 3 is 2.66 bits per heavy atom. The number of fused-ring (bicyclic) bond motifs is 1. The fourth-order valence-electron chi connectivity index (χ4n) is 3.98. The Morgan fingerprint density at radius 2 is 1.97 bits per heavy atom. The topological polar surface area (TPSA) is 140 Å². The molecule has 3 heterocycles. The molecule has 0 amide bonds. The van der Waals surface area contributed by atoms with E-state index in [2.05, 4.69) is 15.4 Å². The van der Waals surface area contributed by atoms with Crippen LogP contribution in [0.5, 0.6) is 17.2 Å². The van der Waals surface area contributed by atoms with E-state index in [1.807, 2.05) is 6.07 Å². The number of aromatic nitrogens is 3. The summed E-state index contributed by atoms with van der Waals surface area (Å²) >= 11 is 1.09. The summed E-state index contributed by atoms with van der Waals surface area (Å²) in [5, 5.41) is 18.3. The van der Waals surface area contributed by atoms with Crippen molar-refractivity contribution in [3.8, 4) is 29.0 Å². The van der Waals surface area contributed by atoms with E-state index in [4.69, 9.17) is 24.2 Å². The van der Waals surface area contributed by atoms with Gasteiger partial charge < -0.3 is 24.3 Å². The number of nitrogens with zero attached hydrogens (tertiary/aromatic N) is 3. The average Bonchev–Trinajstić information content (AvgIpc) is 3.59. The largest absolute Gasteiger partial charge is 0.493 e. The Hall–Kier alpha value is -4.83. The van der Waals surface area contributed by atoms with Gasteiger partial charge in [0.15, 0.2) is 17.4 Å². The van der Waals surface area contributed by atoms with E-state index in [-0.39, 0.29) is 52.4 Å². The molecule has 0 bridgehead atoms. The molecule has 0 radical (unpaired) electrons. The van der Waals surface area contributed by atoms with Crippen LogP contribution in [0.15, 0.2) is 46.6 Å². The van der Waals surface area contributed by atoms with Crippen LogP contribution in [0, 0.1) is 17.1 Å². The Kier molecular flexibility index (Phi) is 6.71. The third-order valence-electron chi connectivity index (χ3n) is 5.75. The lowest BCUT2D eigenvalue weighted by atomic mass is 10.0.